The Labute approximate surface area is 236 Å². The molecule has 2 aromatic heterocycles. The molecule has 3 atom stereocenters. The molecular formula is C33H39N3O4. The van der Waals surface area contributed by atoms with Gasteiger partial charge in [-0.25, -0.2) is 14.8 Å². The van der Waals surface area contributed by atoms with Crippen LogP contribution in [-0.2, 0) is 14.3 Å². The number of allylic oxidation sites excluding steroid dienone is 4. The lowest BCUT2D eigenvalue weighted by Gasteiger charge is -2.30. The highest BCUT2D eigenvalue weighted by atomic mass is 16.6. The van der Waals surface area contributed by atoms with Crippen molar-refractivity contribution in [2.24, 2.45) is 5.92 Å². The summed E-state index contributed by atoms with van der Waals surface area (Å²) in [5.41, 5.74) is 4.15. The maximum absolute atomic E-state index is 12.2. The number of esters is 1. The Kier molecular flexibility index (Phi) is 8.22. The van der Waals surface area contributed by atoms with Crippen LogP contribution in [0.15, 0.2) is 59.8 Å². The van der Waals surface area contributed by atoms with Gasteiger partial charge in [0.15, 0.2) is 0 Å². The molecule has 5 rings (SSSR count). The number of furan rings is 1. The summed E-state index contributed by atoms with van der Waals surface area (Å²) in [6.07, 6.45) is 14.6. The van der Waals surface area contributed by atoms with Crippen LogP contribution in [0.5, 0.6) is 0 Å². The third-order valence-corrected chi connectivity index (χ3v) is 7.28. The normalized spacial score (nSPS) is 21.2. The van der Waals surface area contributed by atoms with Crippen LogP contribution in [0.2, 0.25) is 0 Å². The minimum absolute atomic E-state index is 0.0269. The molecule has 40 heavy (non-hydrogen) atoms. The standard InChI is InChI=1S/C33H39N3O4/c1-6-22-13-15-23(16-14-22)28-29-31(34-20-35-32(29)39-30(28)24-10-7-9-21(2)17-24)36-25-11-8-12-26(18-25)38-19-27(37)40-33(3,4)5/h6-7,10,13-17,20-21,25-26H,1,8-9,11-12,18-19H2,2-5H3,(H,34,35,36)/t21?,25-,26-/m0/s1. The molecule has 7 nitrogen and oxygen atoms in total. The summed E-state index contributed by atoms with van der Waals surface area (Å²) in [7, 11) is 0. The fourth-order valence-electron chi connectivity index (χ4n) is 5.48. The zero-order valence-electron chi connectivity index (χ0n) is 23.9. The first-order chi connectivity index (χ1) is 19.2. The van der Waals surface area contributed by atoms with Gasteiger partial charge in [0.2, 0.25) is 5.71 Å². The largest absolute Gasteiger partial charge is 0.458 e. The quantitative estimate of drug-likeness (QED) is 0.294. The van der Waals surface area contributed by atoms with Gasteiger partial charge in [-0.15, -0.1) is 0 Å². The molecule has 0 amide bonds. The topological polar surface area (TPSA) is 86.5 Å². The van der Waals surface area contributed by atoms with Crippen molar-refractivity contribution in [1.82, 2.24) is 9.97 Å². The average molecular weight is 542 g/mol. The van der Waals surface area contributed by atoms with Gasteiger partial charge in [-0.2, -0.15) is 0 Å². The number of rotatable bonds is 8. The molecule has 1 aromatic carbocycles. The number of nitrogens with one attached hydrogen (secondary N) is 1. The van der Waals surface area contributed by atoms with E-state index in [0.717, 1.165) is 71.3 Å². The Morgan fingerprint density at radius 3 is 2.73 bits per heavy atom. The summed E-state index contributed by atoms with van der Waals surface area (Å²) >= 11 is 0. The number of hydrogen-bond acceptors (Lipinski definition) is 7. The van der Waals surface area contributed by atoms with Crippen LogP contribution < -0.4 is 5.32 Å². The number of aromatic nitrogens is 2. The second-order valence-corrected chi connectivity index (χ2v) is 11.8. The van der Waals surface area contributed by atoms with E-state index in [4.69, 9.17) is 13.9 Å². The molecule has 0 radical (unpaired) electrons. The van der Waals surface area contributed by atoms with Crippen LogP contribution in [0, 0.1) is 5.92 Å². The van der Waals surface area contributed by atoms with E-state index in [9.17, 15) is 4.79 Å². The Morgan fingerprint density at radius 1 is 1.20 bits per heavy atom. The molecule has 0 saturated heterocycles. The van der Waals surface area contributed by atoms with E-state index in [0.29, 0.717) is 11.6 Å². The molecule has 1 saturated carbocycles. The van der Waals surface area contributed by atoms with Gasteiger partial charge in [0, 0.05) is 17.2 Å². The van der Waals surface area contributed by atoms with Crippen molar-refractivity contribution >= 4 is 34.5 Å². The highest BCUT2D eigenvalue weighted by Gasteiger charge is 2.28. The maximum atomic E-state index is 12.2. The molecule has 2 heterocycles. The lowest BCUT2D eigenvalue weighted by atomic mass is 9.91. The van der Waals surface area contributed by atoms with Crippen molar-refractivity contribution in [3.05, 3.63) is 66.7 Å². The monoisotopic (exact) mass is 541 g/mol. The smallest absolute Gasteiger partial charge is 0.332 e. The van der Waals surface area contributed by atoms with Gasteiger partial charge < -0.3 is 19.2 Å². The summed E-state index contributed by atoms with van der Waals surface area (Å²) in [5.74, 6) is 1.63. The van der Waals surface area contributed by atoms with Crippen molar-refractivity contribution in [1.29, 1.82) is 0 Å². The molecule has 0 aliphatic heterocycles. The van der Waals surface area contributed by atoms with E-state index in [2.05, 4.69) is 71.3 Å². The van der Waals surface area contributed by atoms with Crippen LogP contribution in [0.1, 0.15) is 71.1 Å². The highest BCUT2D eigenvalue weighted by Crippen LogP contribution is 2.42. The summed E-state index contributed by atoms with van der Waals surface area (Å²) in [4.78, 5) is 21.4. The van der Waals surface area contributed by atoms with Crippen LogP contribution in [0.4, 0.5) is 5.82 Å². The number of fused-ring (bicyclic) bond motifs is 1. The van der Waals surface area contributed by atoms with E-state index in [1.807, 2.05) is 26.8 Å². The van der Waals surface area contributed by atoms with Gasteiger partial charge in [0.05, 0.1) is 11.5 Å². The predicted octanol–water partition coefficient (Wildman–Crippen LogP) is 7.59. The molecule has 0 spiro atoms. The third kappa shape index (κ3) is 6.53. The van der Waals surface area contributed by atoms with E-state index in [-0.39, 0.29) is 24.7 Å². The van der Waals surface area contributed by atoms with Gasteiger partial charge in [-0.1, -0.05) is 62.1 Å². The lowest BCUT2D eigenvalue weighted by Crippen LogP contribution is -2.34. The van der Waals surface area contributed by atoms with E-state index in [1.54, 1.807) is 6.33 Å². The van der Waals surface area contributed by atoms with Crippen LogP contribution in [0.3, 0.4) is 0 Å². The Hall–Kier alpha value is -3.71. The second-order valence-electron chi connectivity index (χ2n) is 11.8. The highest BCUT2D eigenvalue weighted by molar-refractivity contribution is 6.05. The van der Waals surface area contributed by atoms with Crippen LogP contribution in [-0.4, -0.2) is 40.3 Å². The van der Waals surface area contributed by atoms with Crippen molar-refractivity contribution in [3.8, 4) is 11.1 Å². The minimum atomic E-state index is -0.524. The van der Waals surface area contributed by atoms with E-state index < -0.39 is 5.60 Å². The fraction of sp³-hybridized carbons (Fsp3) is 0.424. The number of carbonyl (C=O) groups is 1. The lowest BCUT2D eigenvalue weighted by molar-refractivity contribution is -0.162. The molecule has 210 valence electrons. The molecule has 7 heteroatoms. The molecule has 1 unspecified atom stereocenters. The fourth-order valence-corrected chi connectivity index (χ4v) is 5.48. The maximum Gasteiger partial charge on any atom is 0.332 e. The van der Waals surface area contributed by atoms with Gasteiger partial charge in [-0.05, 0) is 69.9 Å². The molecule has 1 N–H and O–H groups in total. The predicted molar refractivity (Wildman–Crippen MR) is 160 cm³/mol. The Bertz CT molecular complexity index is 1430. The zero-order chi connectivity index (χ0) is 28.3. The Morgan fingerprint density at radius 2 is 2.00 bits per heavy atom. The number of ether oxygens (including phenoxy) is 2. The minimum Gasteiger partial charge on any atom is -0.458 e. The van der Waals surface area contributed by atoms with Crippen molar-refractivity contribution < 1.29 is 18.7 Å². The number of benzene rings is 1. The number of anilines is 1. The number of nitrogens with zero attached hydrogens (tertiary/aromatic N) is 2. The van der Waals surface area contributed by atoms with E-state index >= 15 is 0 Å². The molecule has 3 aromatic rings. The van der Waals surface area contributed by atoms with E-state index in [1.165, 1.54) is 0 Å². The Balaban J connectivity index is 1.44. The summed E-state index contributed by atoms with van der Waals surface area (Å²) in [6.45, 7) is 11.6. The molecule has 1 fully saturated rings. The third-order valence-electron chi connectivity index (χ3n) is 7.28. The van der Waals surface area contributed by atoms with Crippen molar-refractivity contribution in [2.75, 3.05) is 11.9 Å². The van der Waals surface area contributed by atoms with Gasteiger partial charge >= 0.3 is 5.97 Å². The molecule has 2 aliphatic carbocycles. The first-order valence-corrected chi connectivity index (χ1v) is 14.2. The van der Waals surface area contributed by atoms with Gasteiger partial charge in [0.1, 0.15) is 30.1 Å². The van der Waals surface area contributed by atoms with Crippen LogP contribution in [0.25, 0.3) is 33.9 Å². The first kappa shape index (κ1) is 27.8. The van der Waals surface area contributed by atoms with Crippen molar-refractivity contribution in [3.63, 3.8) is 0 Å². The van der Waals surface area contributed by atoms with Crippen LogP contribution >= 0.6 is 0 Å². The van der Waals surface area contributed by atoms with Gasteiger partial charge in [0.25, 0.3) is 0 Å². The molecule has 2 aliphatic rings. The summed E-state index contributed by atoms with van der Waals surface area (Å²) in [5, 5.41) is 4.55. The van der Waals surface area contributed by atoms with Crippen molar-refractivity contribution in [2.45, 2.75) is 77.5 Å². The average Bonchev–Trinajstić information content (AvgIpc) is 3.32. The second kappa shape index (κ2) is 11.8. The van der Waals surface area contributed by atoms with Gasteiger partial charge in [-0.3, -0.25) is 0 Å². The molecule has 0 bridgehead atoms. The zero-order valence-corrected chi connectivity index (χ0v) is 23.9. The molecular weight excluding hydrogens is 502 g/mol. The SMILES string of the molecule is C=Cc1ccc(-c2c(C3=CC(C)CC=C3)oc3ncnc(N[C@H]4CCC[C@H](OCC(=O)OC(C)(C)C)C4)c23)cc1. The summed E-state index contributed by atoms with van der Waals surface area (Å²) < 4.78 is 17.8. The number of carbonyl (C=O) groups excluding carboxylic acids is 1. The number of hydrogen-bond donors (Lipinski definition) is 1. The summed E-state index contributed by atoms with van der Waals surface area (Å²) in [6, 6.07) is 8.45. The first-order valence-electron chi connectivity index (χ1n) is 14.2.